The molecule has 0 saturated carbocycles. The molecule has 4 aromatic rings. The number of rotatable bonds is 8. The quantitative estimate of drug-likeness (QED) is 0.302. The summed E-state index contributed by atoms with van der Waals surface area (Å²) >= 11 is 7.40. The zero-order valence-corrected chi connectivity index (χ0v) is 19.9. The van der Waals surface area contributed by atoms with Crippen molar-refractivity contribution in [3.05, 3.63) is 88.1 Å². The molecule has 0 atom stereocenters. The Morgan fingerprint density at radius 2 is 1.88 bits per heavy atom. The lowest BCUT2D eigenvalue weighted by Crippen LogP contribution is -2.12. The first kappa shape index (κ1) is 23.5. The number of anilines is 1. The van der Waals surface area contributed by atoms with Crippen LogP contribution in [0.1, 0.15) is 16.1 Å². The molecule has 0 bridgehead atoms. The van der Waals surface area contributed by atoms with Gasteiger partial charge < -0.3 is 19.5 Å². The molecule has 1 heterocycles. The minimum atomic E-state index is -0.439. The lowest BCUT2D eigenvalue weighted by Gasteiger charge is -2.13. The Hall–Kier alpha value is -3.62. The summed E-state index contributed by atoms with van der Waals surface area (Å²) in [4.78, 5) is 17.1. The van der Waals surface area contributed by atoms with E-state index in [1.165, 1.54) is 30.6 Å². The molecule has 1 amide bonds. The number of carbonyl (C=O) groups excluding carboxylic acids is 1. The van der Waals surface area contributed by atoms with Gasteiger partial charge in [-0.05, 0) is 42.5 Å². The zero-order valence-electron chi connectivity index (χ0n) is 18.3. The van der Waals surface area contributed by atoms with Crippen LogP contribution in [0.25, 0.3) is 10.6 Å². The maximum absolute atomic E-state index is 14.0. The van der Waals surface area contributed by atoms with Crippen molar-refractivity contribution < 1.29 is 23.4 Å². The SMILES string of the molecule is COc1cccc(NC(=O)c2csc(-c3ccc(OCc4c(F)cccc4Cl)c(OC)c3)n2)c1. The number of aromatic nitrogens is 1. The first-order valence-corrected chi connectivity index (χ1v) is 11.4. The maximum Gasteiger partial charge on any atom is 0.275 e. The summed E-state index contributed by atoms with van der Waals surface area (Å²) in [5.41, 5.74) is 1.91. The lowest BCUT2D eigenvalue weighted by molar-refractivity contribution is 0.102. The highest BCUT2D eigenvalue weighted by atomic mass is 35.5. The van der Waals surface area contributed by atoms with E-state index in [0.717, 1.165) is 5.56 Å². The molecule has 0 unspecified atom stereocenters. The Bertz CT molecular complexity index is 1310. The Morgan fingerprint density at radius 3 is 2.65 bits per heavy atom. The molecule has 174 valence electrons. The first-order chi connectivity index (χ1) is 16.5. The number of amides is 1. The van der Waals surface area contributed by atoms with Gasteiger partial charge >= 0.3 is 0 Å². The van der Waals surface area contributed by atoms with E-state index in [1.54, 1.807) is 61.0 Å². The van der Waals surface area contributed by atoms with E-state index in [4.69, 9.17) is 25.8 Å². The Kier molecular flexibility index (Phi) is 7.30. The van der Waals surface area contributed by atoms with Gasteiger partial charge in [0.15, 0.2) is 11.5 Å². The number of methoxy groups -OCH3 is 2. The fourth-order valence-corrected chi connectivity index (χ4v) is 4.16. The standard InChI is InChI=1S/C25H20ClFN2O4S/c1-31-17-6-3-5-16(12-17)28-24(30)21-14-34-25(29-21)15-9-10-22(23(11-15)32-2)33-13-18-19(26)7-4-8-20(18)27/h3-12,14H,13H2,1-2H3,(H,28,30). The zero-order chi connectivity index (χ0) is 24.1. The Morgan fingerprint density at radius 1 is 1.06 bits per heavy atom. The highest BCUT2D eigenvalue weighted by Crippen LogP contribution is 2.35. The third-order valence-electron chi connectivity index (χ3n) is 4.91. The van der Waals surface area contributed by atoms with Crippen molar-refractivity contribution in [2.24, 2.45) is 0 Å². The van der Waals surface area contributed by atoms with Gasteiger partial charge in [0.1, 0.15) is 28.9 Å². The first-order valence-electron chi connectivity index (χ1n) is 10.1. The third kappa shape index (κ3) is 5.30. The average Bonchev–Trinajstić information content (AvgIpc) is 3.34. The molecule has 4 rings (SSSR count). The van der Waals surface area contributed by atoms with Gasteiger partial charge in [-0.3, -0.25) is 4.79 Å². The summed E-state index contributed by atoms with van der Waals surface area (Å²) in [5.74, 6) is 0.749. The molecule has 0 aliphatic heterocycles. The van der Waals surface area contributed by atoms with Crippen LogP contribution in [0, 0.1) is 5.82 Å². The van der Waals surface area contributed by atoms with Crippen LogP contribution < -0.4 is 19.5 Å². The highest BCUT2D eigenvalue weighted by molar-refractivity contribution is 7.13. The number of hydrogen-bond acceptors (Lipinski definition) is 6. The van der Waals surface area contributed by atoms with Crippen molar-refractivity contribution in [2.75, 3.05) is 19.5 Å². The van der Waals surface area contributed by atoms with Gasteiger partial charge in [0.25, 0.3) is 5.91 Å². The molecule has 0 aliphatic carbocycles. The number of thiazole rings is 1. The van der Waals surface area contributed by atoms with E-state index >= 15 is 0 Å². The number of hydrogen-bond donors (Lipinski definition) is 1. The van der Waals surface area contributed by atoms with E-state index in [0.29, 0.717) is 27.9 Å². The molecule has 0 radical (unpaired) electrons. The van der Waals surface area contributed by atoms with Crippen LogP contribution in [-0.4, -0.2) is 25.1 Å². The molecule has 0 saturated heterocycles. The Labute approximate surface area is 204 Å². The van der Waals surface area contributed by atoms with E-state index in [-0.39, 0.29) is 28.8 Å². The lowest BCUT2D eigenvalue weighted by atomic mass is 10.2. The largest absolute Gasteiger partial charge is 0.497 e. The second-order valence-electron chi connectivity index (χ2n) is 7.08. The second kappa shape index (κ2) is 10.5. The smallest absolute Gasteiger partial charge is 0.275 e. The van der Waals surface area contributed by atoms with Crippen LogP contribution in [0.4, 0.5) is 10.1 Å². The highest BCUT2D eigenvalue weighted by Gasteiger charge is 2.15. The van der Waals surface area contributed by atoms with Crippen molar-refractivity contribution in [1.29, 1.82) is 0 Å². The van der Waals surface area contributed by atoms with Crippen LogP contribution in [0.2, 0.25) is 5.02 Å². The van der Waals surface area contributed by atoms with Crippen LogP contribution in [0.15, 0.2) is 66.0 Å². The van der Waals surface area contributed by atoms with Gasteiger partial charge in [-0.2, -0.15) is 0 Å². The molecule has 6 nitrogen and oxygen atoms in total. The predicted molar refractivity (Wildman–Crippen MR) is 131 cm³/mol. The van der Waals surface area contributed by atoms with Gasteiger partial charge in [-0.1, -0.05) is 23.7 Å². The van der Waals surface area contributed by atoms with Crippen molar-refractivity contribution in [1.82, 2.24) is 4.98 Å². The fraction of sp³-hybridized carbons (Fsp3) is 0.120. The van der Waals surface area contributed by atoms with Crippen LogP contribution in [0.5, 0.6) is 17.2 Å². The van der Waals surface area contributed by atoms with Gasteiger partial charge in [0, 0.05) is 28.3 Å². The normalized spacial score (nSPS) is 10.6. The number of benzene rings is 3. The maximum atomic E-state index is 14.0. The second-order valence-corrected chi connectivity index (χ2v) is 8.34. The summed E-state index contributed by atoms with van der Waals surface area (Å²) in [6.45, 7) is -0.0486. The third-order valence-corrected chi connectivity index (χ3v) is 6.15. The topological polar surface area (TPSA) is 69.7 Å². The van der Waals surface area contributed by atoms with Gasteiger partial charge in [-0.25, -0.2) is 9.37 Å². The van der Waals surface area contributed by atoms with Gasteiger partial charge in [0.2, 0.25) is 0 Å². The molecule has 0 aliphatic rings. The van der Waals surface area contributed by atoms with Crippen LogP contribution >= 0.6 is 22.9 Å². The number of halogens is 2. The van der Waals surface area contributed by atoms with Crippen LogP contribution in [-0.2, 0) is 6.61 Å². The molecule has 3 aromatic carbocycles. The summed E-state index contributed by atoms with van der Waals surface area (Å²) in [5, 5.41) is 5.42. The summed E-state index contributed by atoms with van der Waals surface area (Å²) in [6, 6.07) is 16.8. The van der Waals surface area contributed by atoms with Crippen molar-refractivity contribution in [2.45, 2.75) is 6.61 Å². The molecular formula is C25H20ClFN2O4S. The minimum absolute atomic E-state index is 0.0486. The minimum Gasteiger partial charge on any atom is -0.497 e. The van der Waals surface area contributed by atoms with Gasteiger partial charge in [-0.15, -0.1) is 11.3 Å². The van der Waals surface area contributed by atoms with E-state index in [1.807, 2.05) is 0 Å². The predicted octanol–water partition coefficient (Wildman–Crippen LogP) is 6.45. The average molecular weight is 499 g/mol. The summed E-state index contributed by atoms with van der Waals surface area (Å²) < 4.78 is 30.4. The number of nitrogens with one attached hydrogen (secondary N) is 1. The van der Waals surface area contributed by atoms with E-state index in [2.05, 4.69) is 10.3 Å². The van der Waals surface area contributed by atoms with Crippen molar-refractivity contribution >= 4 is 34.5 Å². The van der Waals surface area contributed by atoms with E-state index < -0.39 is 5.82 Å². The monoisotopic (exact) mass is 498 g/mol. The van der Waals surface area contributed by atoms with E-state index in [9.17, 15) is 9.18 Å². The molecule has 0 spiro atoms. The Balaban J connectivity index is 1.49. The summed E-state index contributed by atoms with van der Waals surface area (Å²) in [6.07, 6.45) is 0. The molecule has 9 heteroatoms. The fourth-order valence-electron chi connectivity index (χ4n) is 3.15. The molecular weight excluding hydrogens is 479 g/mol. The van der Waals surface area contributed by atoms with Gasteiger partial charge in [0.05, 0.1) is 19.2 Å². The number of ether oxygens (including phenoxy) is 3. The molecule has 1 aromatic heterocycles. The van der Waals surface area contributed by atoms with Crippen LogP contribution in [0.3, 0.4) is 0 Å². The van der Waals surface area contributed by atoms with Crippen molar-refractivity contribution in [3.63, 3.8) is 0 Å². The number of carbonyl (C=O) groups is 1. The number of nitrogens with zero attached hydrogens (tertiary/aromatic N) is 1. The van der Waals surface area contributed by atoms with Crippen molar-refractivity contribution in [3.8, 4) is 27.8 Å². The molecule has 34 heavy (non-hydrogen) atoms. The molecule has 0 fully saturated rings. The molecule has 1 N–H and O–H groups in total. The summed E-state index contributed by atoms with van der Waals surface area (Å²) in [7, 11) is 3.07.